The Balaban J connectivity index is 2.25. The van der Waals surface area contributed by atoms with Crippen LogP contribution in [-0.4, -0.2) is 30.0 Å². The molecule has 5 nitrogen and oxygen atoms in total. The van der Waals surface area contributed by atoms with Crippen LogP contribution in [0.3, 0.4) is 0 Å². The van der Waals surface area contributed by atoms with Gasteiger partial charge in [0.05, 0.1) is 29.9 Å². The largest absolute Gasteiger partial charge is 0.497 e. The Bertz CT molecular complexity index is 560. The Labute approximate surface area is 119 Å². The molecule has 2 aromatic rings. The molecule has 1 aromatic carbocycles. The van der Waals surface area contributed by atoms with Gasteiger partial charge in [-0.15, -0.1) is 0 Å². The first-order valence-electron chi connectivity index (χ1n) is 6.82. The second kappa shape index (κ2) is 6.43. The number of rotatable bonds is 6. The lowest BCUT2D eigenvalue weighted by Crippen LogP contribution is -2.09. The summed E-state index contributed by atoms with van der Waals surface area (Å²) >= 11 is 0. The van der Waals surface area contributed by atoms with Crippen LogP contribution in [0.15, 0.2) is 24.3 Å². The summed E-state index contributed by atoms with van der Waals surface area (Å²) in [6.07, 6.45) is 0.951. The molecular formula is C15H22N4O. The third kappa shape index (κ3) is 2.93. The van der Waals surface area contributed by atoms with Crippen molar-refractivity contribution in [2.24, 2.45) is 5.73 Å². The van der Waals surface area contributed by atoms with Gasteiger partial charge in [-0.2, -0.15) is 5.10 Å². The molecule has 0 radical (unpaired) electrons. The van der Waals surface area contributed by atoms with Crippen LogP contribution >= 0.6 is 0 Å². The van der Waals surface area contributed by atoms with Crippen LogP contribution < -0.4 is 15.8 Å². The third-order valence-corrected chi connectivity index (χ3v) is 3.29. The number of benzene rings is 1. The van der Waals surface area contributed by atoms with Gasteiger partial charge in [0, 0.05) is 6.54 Å². The molecule has 0 saturated carbocycles. The van der Waals surface area contributed by atoms with E-state index in [1.165, 1.54) is 0 Å². The van der Waals surface area contributed by atoms with Gasteiger partial charge in [0.1, 0.15) is 5.75 Å². The van der Waals surface area contributed by atoms with Crippen LogP contribution in [0.4, 0.5) is 5.69 Å². The molecule has 0 aliphatic rings. The molecule has 1 aromatic heterocycles. The number of hydrogen-bond acceptors (Lipinski definition) is 4. The zero-order valence-corrected chi connectivity index (χ0v) is 12.3. The highest BCUT2D eigenvalue weighted by atomic mass is 16.5. The number of aryl methyl sites for hydroxylation is 1. The van der Waals surface area contributed by atoms with Crippen LogP contribution in [0, 0.1) is 13.8 Å². The molecule has 2 rings (SSSR count). The molecule has 0 bridgehead atoms. The average molecular weight is 274 g/mol. The zero-order chi connectivity index (χ0) is 14.5. The molecule has 108 valence electrons. The van der Waals surface area contributed by atoms with Gasteiger partial charge in [-0.05, 0) is 51.1 Å². The van der Waals surface area contributed by atoms with Crippen molar-refractivity contribution in [3.8, 4) is 11.4 Å². The van der Waals surface area contributed by atoms with Crippen LogP contribution in [0.1, 0.15) is 17.8 Å². The lowest BCUT2D eigenvalue weighted by molar-refractivity contribution is 0.414. The molecule has 0 saturated heterocycles. The van der Waals surface area contributed by atoms with E-state index >= 15 is 0 Å². The van der Waals surface area contributed by atoms with E-state index in [0.717, 1.165) is 41.5 Å². The Kier molecular flexibility index (Phi) is 4.63. The number of anilines is 1. The Morgan fingerprint density at radius 2 is 1.95 bits per heavy atom. The Hall–Kier alpha value is -2.01. The van der Waals surface area contributed by atoms with E-state index in [1.54, 1.807) is 7.11 Å². The van der Waals surface area contributed by atoms with Gasteiger partial charge in [0.15, 0.2) is 0 Å². The van der Waals surface area contributed by atoms with Crippen molar-refractivity contribution in [3.63, 3.8) is 0 Å². The summed E-state index contributed by atoms with van der Waals surface area (Å²) in [5, 5.41) is 8.00. The molecule has 3 N–H and O–H groups in total. The average Bonchev–Trinajstić information content (AvgIpc) is 2.75. The van der Waals surface area contributed by atoms with E-state index < -0.39 is 0 Å². The predicted molar refractivity (Wildman–Crippen MR) is 81.8 cm³/mol. The van der Waals surface area contributed by atoms with Gasteiger partial charge in [-0.1, -0.05) is 0 Å². The summed E-state index contributed by atoms with van der Waals surface area (Å²) in [6, 6.07) is 7.88. The van der Waals surface area contributed by atoms with Gasteiger partial charge >= 0.3 is 0 Å². The van der Waals surface area contributed by atoms with Crippen LogP contribution in [0.25, 0.3) is 5.69 Å². The van der Waals surface area contributed by atoms with E-state index in [1.807, 2.05) is 35.9 Å². The third-order valence-electron chi connectivity index (χ3n) is 3.29. The molecule has 0 unspecified atom stereocenters. The maximum atomic E-state index is 5.52. The monoisotopic (exact) mass is 274 g/mol. The molecule has 0 aliphatic heterocycles. The number of nitrogens with two attached hydrogens (primary N) is 1. The van der Waals surface area contributed by atoms with Gasteiger partial charge in [-0.25, -0.2) is 4.68 Å². The molecule has 0 amide bonds. The fourth-order valence-corrected chi connectivity index (χ4v) is 2.19. The summed E-state index contributed by atoms with van der Waals surface area (Å²) < 4.78 is 7.12. The maximum absolute atomic E-state index is 5.52. The van der Waals surface area contributed by atoms with Crippen molar-refractivity contribution in [2.75, 3.05) is 25.5 Å². The summed E-state index contributed by atoms with van der Waals surface area (Å²) in [7, 11) is 1.66. The smallest absolute Gasteiger partial charge is 0.119 e. The number of aromatic nitrogens is 2. The number of hydrogen-bond donors (Lipinski definition) is 2. The van der Waals surface area contributed by atoms with Gasteiger partial charge in [-0.3, -0.25) is 0 Å². The summed E-state index contributed by atoms with van der Waals surface area (Å²) in [5.74, 6) is 0.844. The van der Waals surface area contributed by atoms with Crippen molar-refractivity contribution < 1.29 is 4.74 Å². The molecular weight excluding hydrogens is 252 g/mol. The van der Waals surface area contributed by atoms with E-state index in [2.05, 4.69) is 17.3 Å². The number of methoxy groups -OCH3 is 1. The van der Waals surface area contributed by atoms with E-state index in [0.29, 0.717) is 6.54 Å². The topological polar surface area (TPSA) is 65.1 Å². The fourth-order valence-electron chi connectivity index (χ4n) is 2.19. The predicted octanol–water partition coefficient (Wildman–Crippen LogP) is 2.26. The summed E-state index contributed by atoms with van der Waals surface area (Å²) in [6.45, 7) is 5.64. The molecule has 20 heavy (non-hydrogen) atoms. The van der Waals surface area contributed by atoms with Gasteiger partial charge in [0.25, 0.3) is 0 Å². The maximum Gasteiger partial charge on any atom is 0.119 e. The first-order valence-corrected chi connectivity index (χ1v) is 6.82. The molecule has 5 heteroatoms. The standard InChI is InChI=1S/C15H22N4O/c1-11-15(17-10-4-9-16)12(2)19(18-11)13-5-7-14(20-3)8-6-13/h5-8,17H,4,9-10,16H2,1-3H3. The summed E-state index contributed by atoms with van der Waals surface area (Å²) in [4.78, 5) is 0. The first-order chi connectivity index (χ1) is 9.67. The lowest BCUT2D eigenvalue weighted by Gasteiger charge is -2.08. The minimum Gasteiger partial charge on any atom is -0.497 e. The second-order valence-corrected chi connectivity index (χ2v) is 4.72. The van der Waals surface area contributed by atoms with E-state index in [-0.39, 0.29) is 0 Å². The zero-order valence-electron chi connectivity index (χ0n) is 12.3. The van der Waals surface area contributed by atoms with Crippen molar-refractivity contribution in [1.29, 1.82) is 0 Å². The van der Waals surface area contributed by atoms with Crippen LogP contribution in [0.2, 0.25) is 0 Å². The van der Waals surface area contributed by atoms with Crippen molar-refractivity contribution >= 4 is 5.69 Å². The highest BCUT2D eigenvalue weighted by molar-refractivity contribution is 5.55. The Morgan fingerprint density at radius 3 is 2.55 bits per heavy atom. The van der Waals surface area contributed by atoms with Crippen molar-refractivity contribution in [1.82, 2.24) is 9.78 Å². The fraction of sp³-hybridized carbons (Fsp3) is 0.400. The number of ether oxygens (including phenoxy) is 1. The Morgan fingerprint density at radius 1 is 1.25 bits per heavy atom. The lowest BCUT2D eigenvalue weighted by atomic mass is 10.2. The van der Waals surface area contributed by atoms with E-state index in [9.17, 15) is 0 Å². The van der Waals surface area contributed by atoms with Gasteiger partial charge < -0.3 is 15.8 Å². The van der Waals surface area contributed by atoms with Crippen LogP contribution in [-0.2, 0) is 0 Å². The van der Waals surface area contributed by atoms with Crippen LogP contribution in [0.5, 0.6) is 5.75 Å². The molecule has 0 atom stereocenters. The SMILES string of the molecule is COc1ccc(-n2nc(C)c(NCCCN)c2C)cc1. The second-order valence-electron chi connectivity index (χ2n) is 4.72. The van der Waals surface area contributed by atoms with Crippen molar-refractivity contribution in [2.45, 2.75) is 20.3 Å². The highest BCUT2D eigenvalue weighted by Gasteiger charge is 2.12. The summed E-state index contributed by atoms with van der Waals surface area (Å²) in [5.41, 5.74) is 9.74. The van der Waals surface area contributed by atoms with Crippen molar-refractivity contribution in [3.05, 3.63) is 35.7 Å². The normalized spacial score (nSPS) is 10.6. The number of nitrogens with one attached hydrogen (secondary N) is 1. The quantitative estimate of drug-likeness (QED) is 0.793. The highest BCUT2D eigenvalue weighted by Crippen LogP contribution is 2.23. The van der Waals surface area contributed by atoms with E-state index in [4.69, 9.17) is 10.5 Å². The minimum absolute atomic E-state index is 0.692. The minimum atomic E-state index is 0.692. The molecule has 0 spiro atoms. The first kappa shape index (κ1) is 14.4. The molecule has 1 heterocycles. The molecule has 0 aliphatic carbocycles. The molecule has 0 fully saturated rings. The van der Waals surface area contributed by atoms with Gasteiger partial charge in [0.2, 0.25) is 0 Å². The number of nitrogens with zero attached hydrogens (tertiary/aromatic N) is 2.